The summed E-state index contributed by atoms with van der Waals surface area (Å²) in [5.41, 5.74) is 1.89. The molecular formula is C16H18ClN3O3. The average molecular weight is 336 g/mol. The Hall–Kier alpha value is -2.34. The van der Waals surface area contributed by atoms with Crippen molar-refractivity contribution in [3.8, 4) is 5.69 Å². The molecule has 6 nitrogen and oxygen atoms in total. The van der Waals surface area contributed by atoms with Gasteiger partial charge in [-0.05, 0) is 31.5 Å². The van der Waals surface area contributed by atoms with Crippen molar-refractivity contribution in [1.29, 1.82) is 0 Å². The zero-order valence-corrected chi connectivity index (χ0v) is 13.7. The quantitative estimate of drug-likeness (QED) is 0.880. The first-order valence-electron chi connectivity index (χ1n) is 7.31. The number of carbonyl (C=O) groups is 2. The van der Waals surface area contributed by atoms with Crippen molar-refractivity contribution in [3.63, 3.8) is 0 Å². The van der Waals surface area contributed by atoms with Crippen LogP contribution in [0.2, 0.25) is 5.02 Å². The Morgan fingerprint density at radius 1 is 1.35 bits per heavy atom. The average Bonchev–Trinajstić information content (AvgIpc) is 2.95. The second-order valence-electron chi connectivity index (χ2n) is 4.96. The van der Waals surface area contributed by atoms with E-state index in [9.17, 15) is 9.59 Å². The molecule has 1 heterocycles. The third kappa shape index (κ3) is 3.71. The fraction of sp³-hybridized carbons (Fsp3) is 0.312. The van der Waals surface area contributed by atoms with E-state index in [4.69, 9.17) is 16.7 Å². The van der Waals surface area contributed by atoms with Crippen molar-refractivity contribution < 1.29 is 14.7 Å². The van der Waals surface area contributed by atoms with Gasteiger partial charge in [0, 0.05) is 11.6 Å². The van der Waals surface area contributed by atoms with Crippen LogP contribution in [0.5, 0.6) is 0 Å². The van der Waals surface area contributed by atoms with E-state index in [1.807, 2.05) is 19.1 Å². The Morgan fingerprint density at radius 3 is 2.65 bits per heavy atom. The first-order chi connectivity index (χ1) is 11.0. The summed E-state index contributed by atoms with van der Waals surface area (Å²) < 4.78 is 1.66. The molecule has 0 bridgehead atoms. The third-order valence-electron chi connectivity index (χ3n) is 3.48. The van der Waals surface area contributed by atoms with E-state index in [0.29, 0.717) is 23.6 Å². The predicted octanol–water partition coefficient (Wildman–Crippen LogP) is 2.63. The van der Waals surface area contributed by atoms with Crippen LogP contribution in [0.4, 0.5) is 0 Å². The van der Waals surface area contributed by atoms with Crippen LogP contribution in [0, 0.1) is 0 Å². The number of carboxylic acids is 1. The minimum atomic E-state index is -1.04. The third-order valence-corrected chi connectivity index (χ3v) is 3.72. The van der Waals surface area contributed by atoms with Gasteiger partial charge in [0.15, 0.2) is 0 Å². The lowest BCUT2D eigenvalue weighted by Crippen LogP contribution is -2.35. The van der Waals surface area contributed by atoms with Gasteiger partial charge in [0.1, 0.15) is 6.54 Å². The van der Waals surface area contributed by atoms with Crippen LogP contribution in [0.3, 0.4) is 0 Å². The fourth-order valence-electron chi connectivity index (χ4n) is 2.38. The molecule has 0 radical (unpaired) electrons. The normalized spacial score (nSPS) is 10.6. The molecule has 7 heteroatoms. The maximum absolute atomic E-state index is 12.6. The number of hydrogen-bond donors (Lipinski definition) is 1. The summed E-state index contributed by atoms with van der Waals surface area (Å²) in [6.07, 6.45) is 2.06. The number of aromatic nitrogens is 2. The number of carboxylic acid groups (broad SMARTS) is 1. The number of aliphatic carboxylic acids is 1. The lowest BCUT2D eigenvalue weighted by atomic mass is 10.1. The summed E-state index contributed by atoms with van der Waals surface area (Å²) in [5.74, 6) is -1.37. The second-order valence-corrected chi connectivity index (χ2v) is 5.40. The van der Waals surface area contributed by atoms with Gasteiger partial charge in [-0.1, -0.05) is 24.6 Å². The number of halogens is 1. The molecule has 0 aliphatic rings. The molecule has 0 aliphatic heterocycles. The first kappa shape index (κ1) is 17.0. The smallest absolute Gasteiger partial charge is 0.323 e. The summed E-state index contributed by atoms with van der Waals surface area (Å²) >= 11 is 6.01. The molecule has 2 rings (SSSR count). The number of amides is 1. The van der Waals surface area contributed by atoms with E-state index < -0.39 is 5.97 Å². The van der Waals surface area contributed by atoms with Crippen LogP contribution in [0.1, 0.15) is 29.9 Å². The molecule has 23 heavy (non-hydrogen) atoms. The molecule has 0 spiro atoms. The van der Waals surface area contributed by atoms with Crippen molar-refractivity contribution in [2.75, 3.05) is 13.1 Å². The minimum Gasteiger partial charge on any atom is -0.480 e. The van der Waals surface area contributed by atoms with Gasteiger partial charge in [-0.3, -0.25) is 9.59 Å². The zero-order chi connectivity index (χ0) is 17.0. The van der Waals surface area contributed by atoms with Crippen molar-refractivity contribution in [1.82, 2.24) is 14.7 Å². The summed E-state index contributed by atoms with van der Waals surface area (Å²) in [4.78, 5) is 24.8. The number of nitrogens with zero attached hydrogens (tertiary/aromatic N) is 3. The van der Waals surface area contributed by atoms with Crippen LogP contribution in [-0.4, -0.2) is 44.8 Å². The van der Waals surface area contributed by atoms with Gasteiger partial charge < -0.3 is 10.0 Å². The molecule has 1 amide bonds. The van der Waals surface area contributed by atoms with Crippen molar-refractivity contribution in [2.45, 2.75) is 20.3 Å². The molecule has 0 fully saturated rings. The van der Waals surface area contributed by atoms with Crippen LogP contribution in [0.25, 0.3) is 5.69 Å². The minimum absolute atomic E-state index is 0.316. The van der Waals surface area contributed by atoms with E-state index in [1.54, 1.807) is 23.7 Å². The summed E-state index contributed by atoms with van der Waals surface area (Å²) in [7, 11) is 0. The zero-order valence-electron chi connectivity index (χ0n) is 13.0. The Labute approximate surface area is 139 Å². The molecule has 0 saturated heterocycles. The molecule has 1 N–H and O–H groups in total. The standard InChI is InChI=1S/C16H18ClN3O3/c1-3-14-13(16(23)19(4-2)10-15(21)22)9-18-20(14)12-7-5-6-11(17)8-12/h5-9H,3-4,10H2,1-2H3,(H,21,22). The molecule has 0 saturated carbocycles. The van der Waals surface area contributed by atoms with Gasteiger partial charge in [0.05, 0.1) is 23.1 Å². The van der Waals surface area contributed by atoms with E-state index in [0.717, 1.165) is 11.4 Å². The topological polar surface area (TPSA) is 75.4 Å². The highest BCUT2D eigenvalue weighted by atomic mass is 35.5. The Bertz CT molecular complexity index is 727. The van der Waals surface area contributed by atoms with Gasteiger partial charge >= 0.3 is 5.97 Å². The van der Waals surface area contributed by atoms with Crippen molar-refractivity contribution in [3.05, 3.63) is 46.7 Å². The first-order valence-corrected chi connectivity index (χ1v) is 7.69. The van der Waals surface area contributed by atoms with Crippen molar-refractivity contribution in [2.24, 2.45) is 0 Å². The van der Waals surface area contributed by atoms with Gasteiger partial charge in [-0.15, -0.1) is 0 Å². The van der Waals surface area contributed by atoms with Crippen LogP contribution < -0.4 is 0 Å². The molecular weight excluding hydrogens is 318 g/mol. The Kier molecular flexibility index (Phi) is 5.39. The summed E-state index contributed by atoms with van der Waals surface area (Å²) in [5, 5.41) is 13.8. The fourth-order valence-corrected chi connectivity index (χ4v) is 2.57. The highest BCUT2D eigenvalue weighted by Crippen LogP contribution is 2.20. The van der Waals surface area contributed by atoms with E-state index in [-0.39, 0.29) is 12.5 Å². The number of benzene rings is 1. The summed E-state index contributed by atoms with van der Waals surface area (Å²) in [6, 6.07) is 7.18. The highest BCUT2D eigenvalue weighted by molar-refractivity contribution is 6.30. The maximum Gasteiger partial charge on any atom is 0.323 e. The Morgan fingerprint density at radius 2 is 2.09 bits per heavy atom. The monoisotopic (exact) mass is 335 g/mol. The van der Waals surface area contributed by atoms with Crippen LogP contribution in [-0.2, 0) is 11.2 Å². The number of hydrogen-bond acceptors (Lipinski definition) is 3. The molecule has 0 atom stereocenters. The lowest BCUT2D eigenvalue weighted by Gasteiger charge is -2.18. The highest BCUT2D eigenvalue weighted by Gasteiger charge is 2.23. The van der Waals surface area contributed by atoms with Crippen molar-refractivity contribution >= 4 is 23.5 Å². The van der Waals surface area contributed by atoms with Gasteiger partial charge in [0.2, 0.25) is 0 Å². The van der Waals surface area contributed by atoms with Crippen LogP contribution in [0.15, 0.2) is 30.5 Å². The second kappa shape index (κ2) is 7.28. The molecule has 1 aromatic heterocycles. The molecule has 122 valence electrons. The predicted molar refractivity (Wildman–Crippen MR) is 87.2 cm³/mol. The van der Waals surface area contributed by atoms with E-state index in [2.05, 4.69) is 5.10 Å². The van der Waals surface area contributed by atoms with E-state index in [1.165, 1.54) is 11.1 Å². The molecule has 1 aromatic carbocycles. The number of likely N-dealkylation sites (N-methyl/N-ethyl adjacent to an activating group) is 1. The number of rotatable bonds is 6. The summed E-state index contributed by atoms with van der Waals surface area (Å²) in [6.45, 7) is 3.65. The SMILES string of the molecule is CCc1c(C(=O)N(CC)CC(=O)O)cnn1-c1cccc(Cl)c1. The van der Waals surface area contributed by atoms with Gasteiger partial charge in [0.25, 0.3) is 5.91 Å². The maximum atomic E-state index is 12.6. The Balaban J connectivity index is 2.41. The molecule has 0 unspecified atom stereocenters. The van der Waals surface area contributed by atoms with Crippen LogP contribution >= 0.6 is 11.6 Å². The van der Waals surface area contributed by atoms with Gasteiger partial charge in [-0.25, -0.2) is 4.68 Å². The molecule has 0 aliphatic carbocycles. The van der Waals surface area contributed by atoms with Gasteiger partial charge in [-0.2, -0.15) is 5.10 Å². The van der Waals surface area contributed by atoms with E-state index >= 15 is 0 Å². The molecule has 2 aromatic rings. The lowest BCUT2D eigenvalue weighted by molar-refractivity contribution is -0.137. The number of carbonyl (C=O) groups excluding carboxylic acids is 1. The largest absolute Gasteiger partial charge is 0.480 e.